The van der Waals surface area contributed by atoms with E-state index in [1.807, 2.05) is 0 Å². The number of aromatic carboxylic acids is 1. The summed E-state index contributed by atoms with van der Waals surface area (Å²) in [5, 5.41) is 21.6. The van der Waals surface area contributed by atoms with Crippen LogP contribution in [0.15, 0.2) is 29.2 Å². The van der Waals surface area contributed by atoms with Crippen LogP contribution >= 0.6 is 0 Å². The van der Waals surface area contributed by atoms with Crippen LogP contribution in [-0.4, -0.2) is 34.5 Å². The first kappa shape index (κ1) is 13.2. The highest BCUT2D eigenvalue weighted by Gasteiger charge is 2.15. The fraction of sp³-hybridized carbons (Fsp3) is 0.100. The summed E-state index contributed by atoms with van der Waals surface area (Å²) in [6, 6.07) is 5.46. The first-order valence-corrected chi connectivity index (χ1v) is 6.64. The Hall–Kier alpha value is -2.26. The van der Waals surface area contributed by atoms with Gasteiger partial charge in [0.15, 0.2) is 5.69 Å². The summed E-state index contributed by atoms with van der Waals surface area (Å²) < 4.78 is 22.2. The van der Waals surface area contributed by atoms with Crippen LogP contribution in [-0.2, 0) is 10.0 Å². The van der Waals surface area contributed by atoms with Crippen molar-refractivity contribution < 1.29 is 18.3 Å². The molecule has 2 aromatic rings. The van der Waals surface area contributed by atoms with Crippen molar-refractivity contribution in [2.24, 2.45) is 5.14 Å². The van der Waals surface area contributed by atoms with E-state index in [4.69, 9.17) is 10.2 Å². The third kappa shape index (κ3) is 2.61. The minimum absolute atomic E-state index is 0.0430. The number of rotatable bonds is 3. The molecule has 0 aliphatic carbocycles. The molecule has 2 rings (SSSR count). The maximum atomic E-state index is 11.1. The molecule has 0 fully saturated rings. The SMILES string of the molecule is Cc1nn(-c2ccc(S(N)(=O)=O)cc2)nc1C(=O)O. The maximum absolute atomic E-state index is 11.1. The Morgan fingerprint density at radius 1 is 1.26 bits per heavy atom. The van der Waals surface area contributed by atoms with E-state index in [-0.39, 0.29) is 16.3 Å². The molecule has 19 heavy (non-hydrogen) atoms. The van der Waals surface area contributed by atoms with Gasteiger partial charge in [0.05, 0.1) is 16.3 Å². The summed E-state index contributed by atoms with van der Waals surface area (Å²) in [6.07, 6.45) is 0. The molecule has 1 heterocycles. The first-order chi connectivity index (χ1) is 8.79. The van der Waals surface area contributed by atoms with E-state index in [0.29, 0.717) is 5.69 Å². The molecule has 0 saturated carbocycles. The highest BCUT2D eigenvalue weighted by atomic mass is 32.2. The Morgan fingerprint density at radius 2 is 1.84 bits per heavy atom. The van der Waals surface area contributed by atoms with Crippen molar-refractivity contribution in [1.82, 2.24) is 15.0 Å². The van der Waals surface area contributed by atoms with Gasteiger partial charge >= 0.3 is 5.97 Å². The first-order valence-electron chi connectivity index (χ1n) is 5.09. The minimum Gasteiger partial charge on any atom is -0.476 e. The number of benzene rings is 1. The van der Waals surface area contributed by atoms with E-state index in [2.05, 4.69) is 10.2 Å². The van der Waals surface area contributed by atoms with E-state index >= 15 is 0 Å². The van der Waals surface area contributed by atoms with Crippen LogP contribution in [0.25, 0.3) is 5.69 Å². The van der Waals surface area contributed by atoms with Gasteiger partial charge in [-0.15, -0.1) is 5.10 Å². The van der Waals surface area contributed by atoms with Gasteiger partial charge in [-0.2, -0.15) is 9.90 Å². The lowest BCUT2D eigenvalue weighted by molar-refractivity contribution is 0.0689. The summed E-state index contributed by atoms with van der Waals surface area (Å²) in [5.74, 6) is -1.18. The van der Waals surface area contributed by atoms with Crippen molar-refractivity contribution in [3.05, 3.63) is 35.7 Å². The van der Waals surface area contributed by atoms with Crippen molar-refractivity contribution in [3.8, 4) is 5.69 Å². The van der Waals surface area contributed by atoms with E-state index in [1.54, 1.807) is 0 Å². The molecule has 0 unspecified atom stereocenters. The summed E-state index contributed by atoms with van der Waals surface area (Å²) in [5.41, 5.74) is 0.543. The van der Waals surface area contributed by atoms with E-state index in [1.165, 1.54) is 31.2 Å². The molecule has 8 nitrogen and oxygen atoms in total. The van der Waals surface area contributed by atoms with Crippen LogP contribution in [0, 0.1) is 6.92 Å². The van der Waals surface area contributed by atoms with Crippen LogP contribution in [0.2, 0.25) is 0 Å². The Labute approximate surface area is 108 Å². The Kier molecular flexibility index (Phi) is 3.08. The van der Waals surface area contributed by atoms with Gasteiger partial charge in [-0.3, -0.25) is 0 Å². The van der Waals surface area contributed by atoms with Gasteiger partial charge in [0.2, 0.25) is 10.0 Å². The zero-order chi connectivity index (χ0) is 14.2. The van der Waals surface area contributed by atoms with Crippen molar-refractivity contribution in [2.45, 2.75) is 11.8 Å². The number of hydrogen-bond donors (Lipinski definition) is 2. The number of nitrogens with two attached hydrogens (primary N) is 1. The van der Waals surface area contributed by atoms with Gasteiger partial charge in [-0.05, 0) is 31.2 Å². The zero-order valence-corrected chi connectivity index (χ0v) is 10.6. The summed E-state index contributed by atoms with van der Waals surface area (Å²) in [4.78, 5) is 11.9. The predicted molar refractivity (Wildman–Crippen MR) is 64.4 cm³/mol. The van der Waals surface area contributed by atoms with Crippen molar-refractivity contribution in [1.29, 1.82) is 0 Å². The average molecular weight is 282 g/mol. The van der Waals surface area contributed by atoms with Gasteiger partial charge in [0.25, 0.3) is 0 Å². The number of carbonyl (C=O) groups is 1. The zero-order valence-electron chi connectivity index (χ0n) is 9.81. The molecular formula is C10H10N4O4S. The molecule has 3 N–H and O–H groups in total. The van der Waals surface area contributed by atoms with Gasteiger partial charge in [0, 0.05) is 0 Å². The van der Waals surface area contributed by atoms with Gasteiger partial charge in [0.1, 0.15) is 0 Å². The van der Waals surface area contributed by atoms with E-state index < -0.39 is 16.0 Å². The lowest BCUT2D eigenvalue weighted by Crippen LogP contribution is -2.12. The summed E-state index contributed by atoms with van der Waals surface area (Å²) >= 11 is 0. The van der Waals surface area contributed by atoms with Crippen molar-refractivity contribution in [2.75, 3.05) is 0 Å². The van der Waals surface area contributed by atoms with Crippen LogP contribution in [0.5, 0.6) is 0 Å². The van der Waals surface area contributed by atoms with Gasteiger partial charge in [-0.1, -0.05) is 0 Å². The molecule has 1 aromatic carbocycles. The van der Waals surface area contributed by atoms with E-state index in [0.717, 1.165) is 4.80 Å². The summed E-state index contributed by atoms with van der Waals surface area (Å²) in [6.45, 7) is 1.52. The molecule has 100 valence electrons. The number of nitrogens with zero attached hydrogens (tertiary/aromatic N) is 3. The second-order valence-electron chi connectivity index (χ2n) is 3.77. The molecule has 0 aliphatic heterocycles. The fourth-order valence-electron chi connectivity index (χ4n) is 1.46. The number of primary sulfonamides is 1. The molecule has 0 aliphatic rings. The second kappa shape index (κ2) is 4.44. The third-order valence-electron chi connectivity index (χ3n) is 2.38. The molecular weight excluding hydrogens is 272 g/mol. The average Bonchev–Trinajstić information content (AvgIpc) is 2.70. The topological polar surface area (TPSA) is 128 Å². The van der Waals surface area contributed by atoms with Crippen molar-refractivity contribution >= 4 is 16.0 Å². The smallest absolute Gasteiger partial charge is 0.358 e. The number of carboxylic acids is 1. The number of aromatic nitrogens is 3. The Morgan fingerprint density at radius 3 is 2.26 bits per heavy atom. The number of aryl methyl sites for hydroxylation is 1. The molecule has 0 saturated heterocycles. The molecule has 0 amide bonds. The standard InChI is InChI=1S/C10H10N4O4S/c1-6-9(10(15)16)13-14(12-6)7-2-4-8(5-3-7)19(11,17)18/h2-5H,1H3,(H,15,16)(H2,11,17,18). The molecule has 0 radical (unpaired) electrons. The number of sulfonamides is 1. The van der Waals surface area contributed by atoms with Gasteiger partial charge < -0.3 is 5.11 Å². The Balaban J connectivity index is 2.43. The van der Waals surface area contributed by atoms with Gasteiger partial charge in [-0.25, -0.2) is 18.4 Å². The van der Waals surface area contributed by atoms with Crippen LogP contribution < -0.4 is 5.14 Å². The number of carboxylic acid groups (broad SMARTS) is 1. The quantitative estimate of drug-likeness (QED) is 0.810. The largest absolute Gasteiger partial charge is 0.476 e. The minimum atomic E-state index is -3.76. The monoisotopic (exact) mass is 282 g/mol. The molecule has 9 heteroatoms. The lowest BCUT2D eigenvalue weighted by atomic mass is 10.3. The molecule has 0 atom stereocenters. The lowest BCUT2D eigenvalue weighted by Gasteiger charge is -2.01. The molecule has 1 aromatic heterocycles. The molecule has 0 bridgehead atoms. The Bertz CT molecular complexity index is 733. The maximum Gasteiger partial charge on any atom is 0.358 e. The highest BCUT2D eigenvalue weighted by molar-refractivity contribution is 7.89. The predicted octanol–water partition coefficient (Wildman–Crippen LogP) is -0.0787. The van der Waals surface area contributed by atoms with Crippen molar-refractivity contribution in [3.63, 3.8) is 0 Å². The highest BCUT2D eigenvalue weighted by Crippen LogP contribution is 2.12. The van der Waals surface area contributed by atoms with Crippen LogP contribution in [0.1, 0.15) is 16.2 Å². The molecule has 0 spiro atoms. The van der Waals surface area contributed by atoms with Crippen LogP contribution in [0.4, 0.5) is 0 Å². The fourth-order valence-corrected chi connectivity index (χ4v) is 1.98. The van der Waals surface area contributed by atoms with E-state index in [9.17, 15) is 13.2 Å². The normalized spacial score (nSPS) is 11.5. The van der Waals surface area contributed by atoms with Crippen LogP contribution in [0.3, 0.4) is 0 Å². The second-order valence-corrected chi connectivity index (χ2v) is 5.33. The summed E-state index contributed by atoms with van der Waals surface area (Å²) in [7, 11) is -3.76. The number of hydrogen-bond acceptors (Lipinski definition) is 5. The third-order valence-corrected chi connectivity index (χ3v) is 3.31.